The Morgan fingerprint density at radius 1 is 1.11 bits per heavy atom. The first-order valence-corrected chi connectivity index (χ1v) is 10.1. The van der Waals surface area contributed by atoms with Crippen LogP contribution in [0.1, 0.15) is 41.7 Å². The number of para-hydroxylation sites is 1. The van der Waals surface area contributed by atoms with Crippen LogP contribution in [0.2, 0.25) is 0 Å². The van der Waals surface area contributed by atoms with Gasteiger partial charge >= 0.3 is 0 Å². The number of H-pyrrole nitrogens is 1. The lowest BCUT2D eigenvalue weighted by atomic mass is 9.95. The maximum absolute atomic E-state index is 12.7. The van der Waals surface area contributed by atoms with Crippen molar-refractivity contribution in [3.8, 4) is 11.3 Å². The molecule has 0 amide bonds. The number of aromatic amines is 1. The highest BCUT2D eigenvalue weighted by Crippen LogP contribution is 2.39. The zero-order valence-electron chi connectivity index (χ0n) is 15.8. The smallest absolute Gasteiger partial charge is 0.166 e. The van der Waals surface area contributed by atoms with Crippen LogP contribution in [0.3, 0.4) is 0 Å². The van der Waals surface area contributed by atoms with E-state index in [0.29, 0.717) is 6.42 Å². The first-order chi connectivity index (χ1) is 13.8. The zero-order valence-corrected chi connectivity index (χ0v) is 15.8. The number of hydrogen-bond acceptors (Lipinski definition) is 4. The molecular formula is C23H24N4O. The van der Waals surface area contributed by atoms with E-state index in [0.717, 1.165) is 65.0 Å². The first kappa shape index (κ1) is 17.0. The number of benzene rings is 1. The minimum atomic E-state index is 0.211. The second-order valence-electron chi connectivity index (χ2n) is 7.75. The summed E-state index contributed by atoms with van der Waals surface area (Å²) in [6, 6.07) is 14.1. The van der Waals surface area contributed by atoms with E-state index in [2.05, 4.69) is 26.7 Å². The van der Waals surface area contributed by atoms with Crippen LogP contribution >= 0.6 is 0 Å². The number of aromatic nitrogens is 2. The van der Waals surface area contributed by atoms with Gasteiger partial charge in [-0.3, -0.25) is 4.79 Å². The summed E-state index contributed by atoms with van der Waals surface area (Å²) in [4.78, 5) is 20.7. The number of ketones is 1. The predicted octanol–water partition coefficient (Wildman–Crippen LogP) is 5.16. The standard InChI is InChI=1S/C23H24N4O/c28-19-8-4-7-18-21(19)23(26-17-5-2-1-3-6-17)22(27-18)16-11-12-24-20(13-16)25-14-15-9-10-15/h1-3,5-6,11-13,15,26-27H,4,7-10,14H2,(H,24,25). The van der Waals surface area contributed by atoms with E-state index < -0.39 is 0 Å². The molecule has 1 saturated carbocycles. The summed E-state index contributed by atoms with van der Waals surface area (Å²) >= 11 is 0. The summed E-state index contributed by atoms with van der Waals surface area (Å²) in [6.07, 6.45) is 6.87. The van der Waals surface area contributed by atoms with Gasteiger partial charge in [0.05, 0.1) is 16.9 Å². The summed E-state index contributed by atoms with van der Waals surface area (Å²) in [5.74, 6) is 1.88. The third-order valence-electron chi connectivity index (χ3n) is 5.55. The number of anilines is 3. The normalized spacial score (nSPS) is 15.9. The van der Waals surface area contributed by atoms with Crippen molar-refractivity contribution < 1.29 is 4.79 Å². The first-order valence-electron chi connectivity index (χ1n) is 10.1. The van der Waals surface area contributed by atoms with Gasteiger partial charge in [0.15, 0.2) is 5.78 Å². The lowest BCUT2D eigenvalue weighted by molar-refractivity contribution is 0.0973. The lowest BCUT2D eigenvalue weighted by Gasteiger charge is -2.14. The average molecular weight is 372 g/mol. The van der Waals surface area contributed by atoms with E-state index in [-0.39, 0.29) is 5.78 Å². The van der Waals surface area contributed by atoms with Crippen molar-refractivity contribution in [3.63, 3.8) is 0 Å². The van der Waals surface area contributed by atoms with E-state index in [4.69, 9.17) is 0 Å². The van der Waals surface area contributed by atoms with Crippen LogP contribution in [-0.2, 0) is 6.42 Å². The molecule has 28 heavy (non-hydrogen) atoms. The second-order valence-corrected chi connectivity index (χ2v) is 7.75. The fourth-order valence-electron chi connectivity index (χ4n) is 3.86. The van der Waals surface area contributed by atoms with Gasteiger partial charge in [-0.1, -0.05) is 18.2 Å². The van der Waals surface area contributed by atoms with Gasteiger partial charge in [0, 0.05) is 36.1 Å². The Morgan fingerprint density at radius 2 is 1.96 bits per heavy atom. The van der Waals surface area contributed by atoms with Gasteiger partial charge in [0.2, 0.25) is 0 Å². The van der Waals surface area contributed by atoms with Crippen molar-refractivity contribution in [2.75, 3.05) is 17.2 Å². The van der Waals surface area contributed by atoms with Crippen LogP contribution in [0.4, 0.5) is 17.2 Å². The highest BCUT2D eigenvalue weighted by molar-refractivity contribution is 6.07. The molecule has 0 saturated heterocycles. The molecule has 2 heterocycles. The molecule has 5 rings (SSSR count). The van der Waals surface area contributed by atoms with Crippen molar-refractivity contribution >= 4 is 23.0 Å². The molecule has 5 nitrogen and oxygen atoms in total. The molecule has 0 atom stereocenters. The minimum Gasteiger partial charge on any atom is -0.370 e. The summed E-state index contributed by atoms with van der Waals surface area (Å²) < 4.78 is 0. The van der Waals surface area contributed by atoms with Crippen LogP contribution in [0.5, 0.6) is 0 Å². The average Bonchev–Trinajstić information content (AvgIpc) is 3.48. The lowest BCUT2D eigenvalue weighted by Crippen LogP contribution is -2.10. The number of rotatable bonds is 6. The maximum Gasteiger partial charge on any atom is 0.166 e. The summed E-state index contributed by atoms with van der Waals surface area (Å²) in [5, 5.41) is 6.94. The van der Waals surface area contributed by atoms with Crippen molar-refractivity contribution in [2.24, 2.45) is 5.92 Å². The van der Waals surface area contributed by atoms with Crippen LogP contribution in [0.25, 0.3) is 11.3 Å². The third kappa shape index (κ3) is 3.40. The Kier molecular flexibility index (Phi) is 4.35. The van der Waals surface area contributed by atoms with Gasteiger partial charge in [-0.2, -0.15) is 0 Å². The molecule has 0 aliphatic heterocycles. The minimum absolute atomic E-state index is 0.211. The molecule has 0 unspecified atom stereocenters. The molecular weight excluding hydrogens is 348 g/mol. The Balaban J connectivity index is 1.55. The number of carbonyl (C=O) groups excluding carboxylic acids is 1. The highest BCUT2D eigenvalue weighted by atomic mass is 16.1. The summed E-state index contributed by atoms with van der Waals surface area (Å²) in [7, 11) is 0. The van der Waals surface area contributed by atoms with Gasteiger partial charge in [-0.15, -0.1) is 0 Å². The topological polar surface area (TPSA) is 69.8 Å². The molecule has 0 bridgehead atoms. The fraction of sp³-hybridized carbons (Fsp3) is 0.304. The van der Waals surface area contributed by atoms with E-state index in [1.165, 1.54) is 12.8 Å². The van der Waals surface area contributed by atoms with Crippen LogP contribution < -0.4 is 10.6 Å². The Morgan fingerprint density at radius 3 is 2.79 bits per heavy atom. The number of aryl methyl sites for hydroxylation is 1. The number of pyridine rings is 1. The van der Waals surface area contributed by atoms with E-state index in [9.17, 15) is 4.79 Å². The summed E-state index contributed by atoms with van der Waals surface area (Å²) in [5.41, 5.74) is 5.70. The zero-order chi connectivity index (χ0) is 18.9. The number of nitrogens with one attached hydrogen (secondary N) is 3. The van der Waals surface area contributed by atoms with Gasteiger partial charge in [-0.05, 0) is 55.9 Å². The monoisotopic (exact) mass is 372 g/mol. The molecule has 3 aromatic rings. The van der Waals surface area contributed by atoms with Gasteiger partial charge < -0.3 is 15.6 Å². The molecule has 142 valence electrons. The van der Waals surface area contributed by atoms with Gasteiger partial charge in [0.25, 0.3) is 0 Å². The SMILES string of the molecule is O=C1CCCc2[nH]c(-c3ccnc(NCC4CC4)c3)c(Nc3ccccc3)c21. The van der Waals surface area contributed by atoms with Crippen LogP contribution in [-0.4, -0.2) is 22.3 Å². The van der Waals surface area contributed by atoms with Crippen molar-refractivity contribution in [2.45, 2.75) is 32.1 Å². The molecule has 2 aliphatic carbocycles. The maximum atomic E-state index is 12.7. The van der Waals surface area contributed by atoms with Crippen molar-refractivity contribution in [3.05, 3.63) is 59.9 Å². The second kappa shape index (κ2) is 7.15. The highest BCUT2D eigenvalue weighted by Gasteiger charge is 2.27. The van der Waals surface area contributed by atoms with Gasteiger partial charge in [0.1, 0.15) is 5.82 Å². The number of Topliss-reactive ketones (excluding diaryl/α,β-unsaturated/α-hetero) is 1. The number of carbonyl (C=O) groups is 1. The molecule has 2 aliphatic rings. The molecule has 0 radical (unpaired) electrons. The largest absolute Gasteiger partial charge is 0.370 e. The van der Waals surface area contributed by atoms with E-state index in [1.54, 1.807) is 0 Å². The third-order valence-corrected chi connectivity index (χ3v) is 5.55. The quantitative estimate of drug-likeness (QED) is 0.559. The number of nitrogens with zero attached hydrogens (tertiary/aromatic N) is 1. The van der Waals surface area contributed by atoms with Crippen molar-refractivity contribution in [1.82, 2.24) is 9.97 Å². The van der Waals surface area contributed by atoms with Crippen LogP contribution in [0, 0.1) is 5.92 Å². The molecule has 2 aromatic heterocycles. The Labute approximate surface area is 164 Å². The van der Waals surface area contributed by atoms with Crippen molar-refractivity contribution in [1.29, 1.82) is 0 Å². The Hall–Kier alpha value is -3.08. The van der Waals surface area contributed by atoms with Gasteiger partial charge in [-0.25, -0.2) is 4.98 Å². The molecule has 3 N–H and O–H groups in total. The fourth-order valence-corrected chi connectivity index (χ4v) is 3.86. The van der Waals surface area contributed by atoms with E-state index >= 15 is 0 Å². The predicted molar refractivity (Wildman–Crippen MR) is 112 cm³/mol. The van der Waals surface area contributed by atoms with Crippen LogP contribution in [0.15, 0.2) is 48.7 Å². The van der Waals surface area contributed by atoms with E-state index in [1.807, 2.05) is 42.6 Å². The number of fused-ring (bicyclic) bond motifs is 1. The molecule has 1 fully saturated rings. The molecule has 1 aromatic carbocycles. The molecule has 5 heteroatoms. The Bertz CT molecular complexity index is 1000. The number of hydrogen-bond donors (Lipinski definition) is 3. The molecule has 0 spiro atoms. The summed E-state index contributed by atoms with van der Waals surface area (Å²) in [6.45, 7) is 0.977.